The minimum absolute atomic E-state index is 0.0462. The number of sulfonamides is 1. The van der Waals surface area contributed by atoms with Crippen molar-refractivity contribution in [3.8, 4) is 5.75 Å². The molecule has 1 heterocycles. The molecule has 0 atom stereocenters. The monoisotopic (exact) mass is 352 g/mol. The van der Waals surface area contributed by atoms with Gasteiger partial charge in [-0.3, -0.25) is 4.72 Å². The van der Waals surface area contributed by atoms with Gasteiger partial charge in [0.2, 0.25) is 0 Å². The molecule has 0 aliphatic rings. The lowest BCUT2D eigenvalue weighted by molar-refractivity contribution is 0.403. The maximum atomic E-state index is 12.3. The van der Waals surface area contributed by atoms with Gasteiger partial charge in [0.15, 0.2) is 5.13 Å². The summed E-state index contributed by atoms with van der Waals surface area (Å²) in [6.45, 7) is 0. The minimum Gasteiger partial charge on any atom is -0.495 e. The van der Waals surface area contributed by atoms with Gasteiger partial charge in [-0.2, -0.15) is 0 Å². The van der Waals surface area contributed by atoms with Crippen molar-refractivity contribution in [1.82, 2.24) is 4.98 Å². The first-order valence-electron chi connectivity index (χ1n) is 5.33. The number of methoxy groups -OCH3 is 1. The van der Waals surface area contributed by atoms with Gasteiger partial charge in [0.1, 0.15) is 10.6 Å². The summed E-state index contributed by atoms with van der Waals surface area (Å²) in [5.74, 6) is 0.426. The van der Waals surface area contributed by atoms with Crippen LogP contribution < -0.4 is 9.46 Å². The number of hydrogen-bond acceptors (Lipinski definition) is 5. The van der Waals surface area contributed by atoms with E-state index in [9.17, 15) is 8.42 Å². The van der Waals surface area contributed by atoms with Crippen molar-refractivity contribution in [3.05, 3.63) is 34.3 Å². The molecule has 0 saturated carbocycles. The number of nitrogens with zero attached hydrogens (tertiary/aromatic N) is 1. The van der Waals surface area contributed by atoms with Crippen LogP contribution in [0.15, 0.2) is 28.5 Å². The first-order chi connectivity index (χ1) is 9.46. The molecule has 1 N–H and O–H groups in total. The zero-order chi connectivity index (χ0) is 14.8. The van der Waals surface area contributed by atoms with Crippen LogP contribution in [0.5, 0.6) is 5.75 Å². The quantitative estimate of drug-likeness (QED) is 0.837. The van der Waals surface area contributed by atoms with Crippen LogP contribution in [0.3, 0.4) is 0 Å². The van der Waals surface area contributed by atoms with Crippen molar-refractivity contribution in [2.75, 3.05) is 11.8 Å². The number of thiazole rings is 1. The third-order valence-corrected chi connectivity index (χ3v) is 5.13. The van der Waals surface area contributed by atoms with Gasteiger partial charge in [-0.1, -0.05) is 11.6 Å². The van der Waals surface area contributed by atoms with Crippen molar-refractivity contribution in [1.29, 1.82) is 0 Å². The standard InChI is InChI=1S/C11H10Cl2N2O3S2/c1-18-9-3-2-7(13)4-10(9)20(16,17)15-11-14-8(5-12)6-19-11/h2-4,6H,5H2,1H3,(H,14,15). The molecular formula is C11H10Cl2N2O3S2. The Labute approximate surface area is 130 Å². The van der Waals surface area contributed by atoms with Crippen LogP contribution in [-0.4, -0.2) is 20.5 Å². The maximum absolute atomic E-state index is 12.3. The third-order valence-electron chi connectivity index (χ3n) is 2.33. The van der Waals surface area contributed by atoms with E-state index in [4.69, 9.17) is 27.9 Å². The van der Waals surface area contributed by atoms with E-state index in [-0.39, 0.29) is 21.7 Å². The van der Waals surface area contributed by atoms with Crippen LogP contribution in [0.2, 0.25) is 5.02 Å². The van der Waals surface area contributed by atoms with Crippen molar-refractivity contribution < 1.29 is 13.2 Å². The molecule has 108 valence electrons. The van der Waals surface area contributed by atoms with Gasteiger partial charge in [-0.15, -0.1) is 22.9 Å². The summed E-state index contributed by atoms with van der Waals surface area (Å²) in [6, 6.07) is 4.36. The minimum atomic E-state index is -3.83. The molecule has 0 amide bonds. The Kier molecular flexibility index (Phi) is 4.74. The zero-order valence-electron chi connectivity index (χ0n) is 10.3. The molecule has 5 nitrogen and oxygen atoms in total. The van der Waals surface area contributed by atoms with Crippen LogP contribution >= 0.6 is 34.5 Å². The highest BCUT2D eigenvalue weighted by molar-refractivity contribution is 7.93. The largest absolute Gasteiger partial charge is 0.495 e. The second-order valence-electron chi connectivity index (χ2n) is 3.68. The topological polar surface area (TPSA) is 68.3 Å². The fraction of sp³-hybridized carbons (Fsp3) is 0.182. The summed E-state index contributed by atoms with van der Waals surface area (Å²) in [7, 11) is -2.44. The van der Waals surface area contributed by atoms with Crippen LogP contribution in [0.1, 0.15) is 5.69 Å². The molecule has 20 heavy (non-hydrogen) atoms. The van der Waals surface area contributed by atoms with Gasteiger partial charge in [-0.25, -0.2) is 13.4 Å². The number of hydrogen-bond donors (Lipinski definition) is 1. The van der Waals surface area contributed by atoms with Crippen LogP contribution in [0.25, 0.3) is 0 Å². The average Bonchev–Trinajstić information content (AvgIpc) is 2.85. The normalized spacial score (nSPS) is 11.3. The van der Waals surface area contributed by atoms with Gasteiger partial charge >= 0.3 is 0 Å². The van der Waals surface area contributed by atoms with Gasteiger partial charge in [0.25, 0.3) is 10.0 Å². The first kappa shape index (κ1) is 15.4. The summed E-state index contributed by atoms with van der Waals surface area (Å²) in [5, 5.41) is 2.22. The second kappa shape index (κ2) is 6.17. The molecule has 0 unspecified atom stereocenters. The predicted molar refractivity (Wildman–Crippen MR) is 80.5 cm³/mol. The van der Waals surface area contributed by atoms with E-state index in [1.807, 2.05) is 0 Å². The first-order valence-corrected chi connectivity index (χ1v) is 8.60. The fourth-order valence-corrected chi connectivity index (χ4v) is 4.07. The number of benzene rings is 1. The molecule has 0 aliphatic carbocycles. The Bertz CT molecular complexity index is 716. The molecule has 0 fully saturated rings. The number of ether oxygens (including phenoxy) is 1. The van der Waals surface area contributed by atoms with Crippen LogP contribution in [0.4, 0.5) is 5.13 Å². The Hall–Kier alpha value is -1.02. The predicted octanol–water partition coefficient (Wildman–Crippen LogP) is 3.34. The van der Waals surface area contributed by atoms with E-state index in [2.05, 4.69) is 9.71 Å². The molecule has 0 aliphatic heterocycles. The summed E-state index contributed by atoms with van der Waals surface area (Å²) in [4.78, 5) is 3.99. The average molecular weight is 353 g/mol. The Morgan fingerprint density at radius 2 is 2.20 bits per heavy atom. The Morgan fingerprint density at radius 3 is 2.80 bits per heavy atom. The molecule has 0 bridgehead atoms. The van der Waals surface area contributed by atoms with Crippen LogP contribution in [-0.2, 0) is 15.9 Å². The molecule has 1 aromatic carbocycles. The lowest BCUT2D eigenvalue weighted by Gasteiger charge is -2.10. The number of halogens is 2. The highest BCUT2D eigenvalue weighted by Crippen LogP contribution is 2.29. The SMILES string of the molecule is COc1ccc(Cl)cc1S(=O)(=O)Nc1nc(CCl)cs1. The van der Waals surface area contributed by atoms with E-state index >= 15 is 0 Å². The van der Waals surface area contributed by atoms with Gasteiger partial charge < -0.3 is 4.74 Å². The van der Waals surface area contributed by atoms with Crippen molar-refractivity contribution in [2.45, 2.75) is 10.8 Å². The molecular weight excluding hydrogens is 343 g/mol. The molecule has 0 radical (unpaired) electrons. The van der Waals surface area contributed by atoms with E-state index in [1.165, 1.54) is 19.2 Å². The van der Waals surface area contributed by atoms with Crippen LogP contribution in [0, 0.1) is 0 Å². The molecule has 2 rings (SSSR count). The number of alkyl halides is 1. The van der Waals surface area contributed by atoms with Gasteiger partial charge in [0, 0.05) is 10.4 Å². The summed E-state index contributed by atoms with van der Waals surface area (Å²) in [6.07, 6.45) is 0. The van der Waals surface area contributed by atoms with Gasteiger partial charge in [0.05, 0.1) is 18.7 Å². The summed E-state index contributed by atoms with van der Waals surface area (Å²) in [5.41, 5.74) is 0.604. The lowest BCUT2D eigenvalue weighted by Crippen LogP contribution is -2.14. The summed E-state index contributed by atoms with van der Waals surface area (Å²) >= 11 is 12.6. The number of nitrogens with one attached hydrogen (secondary N) is 1. The van der Waals surface area contributed by atoms with E-state index in [1.54, 1.807) is 11.4 Å². The third kappa shape index (κ3) is 3.35. The summed E-state index contributed by atoms with van der Waals surface area (Å²) < 4.78 is 32.0. The maximum Gasteiger partial charge on any atom is 0.267 e. The van der Waals surface area contributed by atoms with Crippen molar-refractivity contribution in [2.24, 2.45) is 0 Å². The van der Waals surface area contributed by atoms with Gasteiger partial charge in [-0.05, 0) is 18.2 Å². The van der Waals surface area contributed by atoms with E-state index in [0.717, 1.165) is 11.3 Å². The Morgan fingerprint density at radius 1 is 1.45 bits per heavy atom. The highest BCUT2D eigenvalue weighted by Gasteiger charge is 2.21. The molecule has 0 saturated heterocycles. The van der Waals surface area contributed by atoms with Crippen molar-refractivity contribution >= 4 is 49.7 Å². The number of anilines is 1. The number of aromatic nitrogens is 1. The smallest absolute Gasteiger partial charge is 0.267 e. The van der Waals surface area contributed by atoms with E-state index in [0.29, 0.717) is 10.7 Å². The highest BCUT2D eigenvalue weighted by atomic mass is 35.5. The van der Waals surface area contributed by atoms with E-state index < -0.39 is 10.0 Å². The Balaban J connectivity index is 2.37. The molecule has 1 aromatic heterocycles. The fourth-order valence-electron chi connectivity index (χ4n) is 1.45. The molecule has 9 heteroatoms. The zero-order valence-corrected chi connectivity index (χ0v) is 13.4. The number of rotatable bonds is 5. The van der Waals surface area contributed by atoms with Crippen molar-refractivity contribution in [3.63, 3.8) is 0 Å². The molecule has 2 aromatic rings. The lowest BCUT2D eigenvalue weighted by atomic mass is 10.3. The second-order valence-corrected chi connectivity index (χ2v) is 6.89. The molecule has 0 spiro atoms.